The van der Waals surface area contributed by atoms with Gasteiger partial charge in [-0.15, -0.1) is 11.3 Å². The number of carbonyl (C=O) groups is 1. The molecule has 2 aromatic carbocycles. The van der Waals surface area contributed by atoms with E-state index in [9.17, 15) is 4.79 Å². The summed E-state index contributed by atoms with van der Waals surface area (Å²) in [6.45, 7) is 2.93. The minimum absolute atomic E-state index is 0.135. The van der Waals surface area contributed by atoms with Crippen LogP contribution < -0.4 is 5.32 Å². The van der Waals surface area contributed by atoms with Gasteiger partial charge >= 0.3 is 0 Å². The average Bonchev–Trinajstić information content (AvgIpc) is 3.27. The molecule has 0 saturated carbocycles. The lowest BCUT2D eigenvalue weighted by Gasteiger charge is -2.16. The van der Waals surface area contributed by atoms with Gasteiger partial charge in [0, 0.05) is 38.5 Å². The second kappa shape index (κ2) is 7.98. The summed E-state index contributed by atoms with van der Waals surface area (Å²) >= 11 is 1.68. The number of nitrogens with one attached hydrogen (secondary N) is 1. The molecule has 1 amide bonds. The van der Waals surface area contributed by atoms with Crippen LogP contribution in [-0.4, -0.2) is 34.9 Å². The van der Waals surface area contributed by atoms with Gasteiger partial charge in [-0.25, -0.2) is 4.98 Å². The number of thiazole rings is 1. The zero-order chi connectivity index (χ0) is 17.8. The van der Waals surface area contributed by atoms with Crippen LogP contribution in [0, 0.1) is 0 Å². The fourth-order valence-corrected chi connectivity index (χ4v) is 4.45. The summed E-state index contributed by atoms with van der Waals surface area (Å²) in [5, 5.41) is 4.24. The Morgan fingerprint density at radius 1 is 1.15 bits per heavy atom. The van der Waals surface area contributed by atoms with Gasteiger partial charge in [-0.3, -0.25) is 9.69 Å². The summed E-state index contributed by atoms with van der Waals surface area (Å²) in [6.07, 6.45) is 2.25. The number of aromatic nitrogens is 1. The molecule has 0 bridgehead atoms. The Labute approximate surface area is 157 Å². The van der Waals surface area contributed by atoms with Crippen LogP contribution in [0.25, 0.3) is 10.2 Å². The minimum Gasteiger partial charge on any atom is -0.352 e. The third-order valence-corrected chi connectivity index (χ3v) is 5.89. The van der Waals surface area contributed by atoms with E-state index in [1.807, 2.05) is 24.3 Å². The van der Waals surface area contributed by atoms with Crippen LogP contribution >= 0.6 is 11.3 Å². The molecule has 1 aromatic heterocycles. The number of hydrogen-bond donors (Lipinski definition) is 1. The van der Waals surface area contributed by atoms with E-state index < -0.39 is 0 Å². The predicted molar refractivity (Wildman–Crippen MR) is 106 cm³/mol. The molecular formula is C21H23N3OS. The molecule has 1 atom stereocenters. The minimum atomic E-state index is 0.135. The monoisotopic (exact) mass is 365 g/mol. The van der Waals surface area contributed by atoms with E-state index in [1.54, 1.807) is 11.3 Å². The van der Waals surface area contributed by atoms with Gasteiger partial charge in [-0.05, 0) is 24.1 Å². The summed E-state index contributed by atoms with van der Waals surface area (Å²) in [5.41, 5.74) is 2.36. The molecule has 134 valence electrons. The third-order valence-electron chi connectivity index (χ3n) is 4.79. The molecule has 1 aliphatic heterocycles. The van der Waals surface area contributed by atoms with Crippen molar-refractivity contribution in [1.29, 1.82) is 0 Å². The van der Waals surface area contributed by atoms with Gasteiger partial charge in [-0.2, -0.15) is 0 Å². The number of amides is 1. The number of nitrogens with zero attached hydrogens (tertiary/aromatic N) is 2. The molecule has 1 N–H and O–H groups in total. The molecule has 2 heterocycles. The Morgan fingerprint density at radius 3 is 2.81 bits per heavy atom. The first-order chi connectivity index (χ1) is 12.8. The van der Waals surface area contributed by atoms with Crippen molar-refractivity contribution in [3.05, 3.63) is 65.2 Å². The third kappa shape index (κ3) is 4.29. The van der Waals surface area contributed by atoms with E-state index in [4.69, 9.17) is 0 Å². The zero-order valence-corrected chi connectivity index (χ0v) is 15.5. The lowest BCUT2D eigenvalue weighted by atomic mass is 10.2. The van der Waals surface area contributed by atoms with E-state index in [0.29, 0.717) is 12.8 Å². The second-order valence-corrected chi connectivity index (χ2v) is 7.96. The van der Waals surface area contributed by atoms with Gasteiger partial charge < -0.3 is 5.32 Å². The van der Waals surface area contributed by atoms with Crippen molar-refractivity contribution in [2.45, 2.75) is 31.8 Å². The number of aryl methyl sites for hydroxylation is 1. The molecule has 4 rings (SSSR count). The summed E-state index contributed by atoms with van der Waals surface area (Å²) in [4.78, 5) is 19.3. The number of para-hydroxylation sites is 1. The number of rotatable bonds is 6. The fraction of sp³-hybridized carbons (Fsp3) is 0.333. The van der Waals surface area contributed by atoms with E-state index in [0.717, 1.165) is 36.6 Å². The van der Waals surface area contributed by atoms with Crippen molar-refractivity contribution in [2.24, 2.45) is 0 Å². The highest BCUT2D eigenvalue weighted by Gasteiger charge is 2.23. The second-order valence-electron chi connectivity index (χ2n) is 6.85. The van der Waals surface area contributed by atoms with Crippen molar-refractivity contribution >= 4 is 27.5 Å². The van der Waals surface area contributed by atoms with Crippen LogP contribution in [0.15, 0.2) is 54.6 Å². The molecule has 1 fully saturated rings. The van der Waals surface area contributed by atoms with E-state index in [1.165, 1.54) is 10.3 Å². The van der Waals surface area contributed by atoms with Crippen molar-refractivity contribution in [3.8, 4) is 0 Å². The van der Waals surface area contributed by atoms with Gasteiger partial charge in [0.2, 0.25) is 5.91 Å². The fourth-order valence-electron chi connectivity index (χ4n) is 3.48. The van der Waals surface area contributed by atoms with Crippen LogP contribution in [-0.2, 0) is 17.8 Å². The van der Waals surface area contributed by atoms with Gasteiger partial charge in [-0.1, -0.05) is 42.5 Å². The lowest BCUT2D eigenvalue weighted by Crippen LogP contribution is -2.37. The summed E-state index contributed by atoms with van der Waals surface area (Å²) in [5.74, 6) is 0.135. The number of carbonyl (C=O) groups excluding carboxylic acids is 1. The zero-order valence-electron chi connectivity index (χ0n) is 14.7. The Kier molecular flexibility index (Phi) is 5.27. The molecule has 3 aromatic rings. The maximum atomic E-state index is 12.3. The van der Waals surface area contributed by atoms with Crippen LogP contribution in [0.2, 0.25) is 0 Å². The molecule has 5 heteroatoms. The van der Waals surface area contributed by atoms with Crippen molar-refractivity contribution in [2.75, 3.05) is 13.1 Å². The standard InChI is InChI=1S/C21H23N3OS/c25-20(10-11-21-23-18-8-4-5-9-19(18)26-21)22-17-12-13-24(15-17)14-16-6-2-1-3-7-16/h1-9,17H,10-15H2,(H,22,25)/t17-/m0/s1. The first kappa shape index (κ1) is 17.2. The van der Waals surface area contributed by atoms with Crippen LogP contribution in [0.1, 0.15) is 23.4 Å². The normalized spacial score (nSPS) is 17.6. The largest absolute Gasteiger partial charge is 0.352 e. The van der Waals surface area contributed by atoms with Crippen molar-refractivity contribution in [3.63, 3.8) is 0 Å². The van der Waals surface area contributed by atoms with E-state index >= 15 is 0 Å². The Morgan fingerprint density at radius 2 is 1.96 bits per heavy atom. The highest BCUT2D eigenvalue weighted by Crippen LogP contribution is 2.22. The maximum Gasteiger partial charge on any atom is 0.220 e. The topological polar surface area (TPSA) is 45.2 Å². The Bertz CT molecular complexity index is 844. The first-order valence-electron chi connectivity index (χ1n) is 9.16. The summed E-state index contributed by atoms with van der Waals surface area (Å²) in [6, 6.07) is 18.9. The summed E-state index contributed by atoms with van der Waals surface area (Å²) < 4.78 is 1.19. The highest BCUT2D eigenvalue weighted by atomic mass is 32.1. The van der Waals surface area contributed by atoms with Crippen LogP contribution in [0.3, 0.4) is 0 Å². The van der Waals surface area contributed by atoms with Gasteiger partial charge in [0.15, 0.2) is 0 Å². The smallest absolute Gasteiger partial charge is 0.220 e. The molecule has 1 saturated heterocycles. The highest BCUT2D eigenvalue weighted by molar-refractivity contribution is 7.18. The van der Waals surface area contributed by atoms with Gasteiger partial charge in [0.05, 0.1) is 15.2 Å². The molecule has 0 radical (unpaired) electrons. The van der Waals surface area contributed by atoms with E-state index in [-0.39, 0.29) is 11.9 Å². The maximum absolute atomic E-state index is 12.3. The molecule has 0 unspecified atom stereocenters. The average molecular weight is 366 g/mol. The quantitative estimate of drug-likeness (QED) is 0.726. The van der Waals surface area contributed by atoms with Gasteiger partial charge in [0.25, 0.3) is 0 Å². The number of benzene rings is 2. The molecule has 1 aliphatic rings. The summed E-state index contributed by atoms with van der Waals surface area (Å²) in [7, 11) is 0. The molecule has 26 heavy (non-hydrogen) atoms. The van der Waals surface area contributed by atoms with Crippen LogP contribution in [0.4, 0.5) is 0 Å². The molecular weight excluding hydrogens is 342 g/mol. The SMILES string of the molecule is O=C(CCc1nc2ccccc2s1)N[C@H]1CCN(Cc2ccccc2)C1. The predicted octanol–water partition coefficient (Wildman–Crippen LogP) is 3.62. The molecule has 0 aliphatic carbocycles. The Hall–Kier alpha value is -2.24. The first-order valence-corrected chi connectivity index (χ1v) is 9.98. The van der Waals surface area contributed by atoms with Gasteiger partial charge in [0.1, 0.15) is 0 Å². The number of likely N-dealkylation sites (tertiary alicyclic amines) is 1. The molecule has 4 nitrogen and oxygen atoms in total. The Balaban J connectivity index is 1.23. The van der Waals surface area contributed by atoms with E-state index in [2.05, 4.69) is 45.5 Å². The van der Waals surface area contributed by atoms with Crippen molar-refractivity contribution in [1.82, 2.24) is 15.2 Å². The van der Waals surface area contributed by atoms with Crippen LogP contribution in [0.5, 0.6) is 0 Å². The van der Waals surface area contributed by atoms with Crippen molar-refractivity contribution < 1.29 is 4.79 Å². The number of fused-ring (bicyclic) bond motifs is 1. The molecule has 0 spiro atoms. The lowest BCUT2D eigenvalue weighted by molar-refractivity contribution is -0.121. The number of hydrogen-bond acceptors (Lipinski definition) is 4.